The summed E-state index contributed by atoms with van der Waals surface area (Å²) in [4.78, 5) is 7.05. The first-order chi connectivity index (χ1) is 11.2. The first kappa shape index (κ1) is 20.0. The van der Waals surface area contributed by atoms with Crippen LogP contribution in [0.3, 0.4) is 0 Å². The van der Waals surface area contributed by atoms with Crippen LogP contribution >= 0.6 is 24.0 Å². The van der Waals surface area contributed by atoms with Gasteiger partial charge in [-0.3, -0.25) is 4.99 Å². The summed E-state index contributed by atoms with van der Waals surface area (Å²) in [5, 5.41) is 3.86. The molecule has 1 heterocycles. The topological polar surface area (TPSA) is 36.9 Å². The average molecular weight is 447 g/mol. The zero-order valence-corrected chi connectivity index (χ0v) is 17.6. The second kappa shape index (κ2) is 8.88. The number of hydrogen-bond donors (Lipinski definition) is 1. The number of hydrogen-bond acceptors (Lipinski definition) is 2. The Labute approximate surface area is 164 Å². The van der Waals surface area contributed by atoms with Crippen LogP contribution in [-0.2, 0) is 4.74 Å². The van der Waals surface area contributed by atoms with E-state index in [1.54, 1.807) is 0 Å². The van der Waals surface area contributed by atoms with Gasteiger partial charge in [-0.25, -0.2) is 0 Å². The highest BCUT2D eigenvalue weighted by Crippen LogP contribution is 2.60. The number of guanidine groups is 1. The van der Waals surface area contributed by atoms with Gasteiger partial charge in [-0.05, 0) is 39.0 Å². The van der Waals surface area contributed by atoms with E-state index >= 15 is 0 Å². The lowest BCUT2D eigenvalue weighted by molar-refractivity contribution is -0.125. The molecule has 3 rings (SSSR count). The fourth-order valence-electron chi connectivity index (χ4n) is 5.05. The number of ether oxygens (including phenoxy) is 1. The molecule has 24 heavy (non-hydrogen) atoms. The lowest BCUT2D eigenvalue weighted by Gasteiger charge is -2.57. The summed E-state index contributed by atoms with van der Waals surface area (Å²) in [5.41, 5.74) is 0.387. The summed E-state index contributed by atoms with van der Waals surface area (Å²) in [6, 6.07) is 0.560. The van der Waals surface area contributed by atoms with E-state index in [9.17, 15) is 0 Å². The van der Waals surface area contributed by atoms with Crippen molar-refractivity contribution in [2.75, 3.05) is 26.7 Å². The van der Waals surface area contributed by atoms with Crippen LogP contribution < -0.4 is 5.32 Å². The summed E-state index contributed by atoms with van der Waals surface area (Å²) in [7, 11) is 2.16. The molecule has 1 spiro atoms. The number of halogens is 1. The highest BCUT2D eigenvalue weighted by molar-refractivity contribution is 14.0. The number of allylic oxidation sites excluding steroid dienone is 1. The minimum Gasteiger partial charge on any atom is -0.377 e. The van der Waals surface area contributed by atoms with Crippen molar-refractivity contribution in [2.45, 2.75) is 64.0 Å². The number of nitrogens with one attached hydrogen (secondary N) is 1. The lowest BCUT2D eigenvalue weighted by Crippen LogP contribution is -2.69. The van der Waals surface area contributed by atoms with Gasteiger partial charge in [-0.15, -0.1) is 30.6 Å². The van der Waals surface area contributed by atoms with E-state index in [1.807, 2.05) is 6.08 Å². The van der Waals surface area contributed by atoms with Crippen molar-refractivity contribution in [1.29, 1.82) is 0 Å². The van der Waals surface area contributed by atoms with E-state index in [0.29, 0.717) is 23.5 Å². The van der Waals surface area contributed by atoms with Gasteiger partial charge in [0.1, 0.15) is 0 Å². The van der Waals surface area contributed by atoms with Crippen molar-refractivity contribution >= 4 is 29.9 Å². The van der Waals surface area contributed by atoms with Crippen LogP contribution in [0.15, 0.2) is 17.6 Å². The fourth-order valence-corrected chi connectivity index (χ4v) is 5.05. The summed E-state index contributed by atoms with van der Waals surface area (Å²) in [6.45, 7) is 8.74. The Bertz CT molecular complexity index is 448. The van der Waals surface area contributed by atoms with Crippen LogP contribution in [0.25, 0.3) is 0 Å². The number of nitrogens with zero attached hydrogens (tertiary/aromatic N) is 2. The fraction of sp³-hybridized carbons (Fsp3) is 0.842. The zero-order chi connectivity index (χ0) is 16.3. The SMILES string of the molecule is C=CCCCN(C)C(=NCC)NC1C2CCOC2C12CCCC2.I. The molecule has 3 unspecified atom stereocenters. The number of fused-ring (bicyclic) bond motifs is 2. The van der Waals surface area contributed by atoms with E-state index in [-0.39, 0.29) is 24.0 Å². The monoisotopic (exact) mass is 447 g/mol. The molecule has 5 heteroatoms. The quantitative estimate of drug-likeness (QED) is 0.221. The van der Waals surface area contributed by atoms with E-state index < -0.39 is 0 Å². The molecule has 0 radical (unpaired) electrons. The largest absolute Gasteiger partial charge is 0.377 e. The third-order valence-electron chi connectivity index (χ3n) is 6.14. The van der Waals surface area contributed by atoms with Gasteiger partial charge in [0.05, 0.1) is 6.10 Å². The molecule has 3 fully saturated rings. The third-order valence-corrected chi connectivity index (χ3v) is 6.14. The highest BCUT2D eigenvalue weighted by atomic mass is 127. The van der Waals surface area contributed by atoms with Gasteiger partial charge in [-0.2, -0.15) is 0 Å². The molecule has 1 aliphatic heterocycles. The van der Waals surface area contributed by atoms with Crippen LogP contribution in [0.4, 0.5) is 0 Å². The zero-order valence-electron chi connectivity index (χ0n) is 15.3. The molecule has 0 aromatic carbocycles. The van der Waals surface area contributed by atoms with Gasteiger partial charge in [0, 0.05) is 44.1 Å². The van der Waals surface area contributed by atoms with Gasteiger partial charge in [0.15, 0.2) is 5.96 Å². The Morgan fingerprint density at radius 2 is 2.17 bits per heavy atom. The molecule has 0 bridgehead atoms. The van der Waals surface area contributed by atoms with Crippen molar-refractivity contribution in [3.63, 3.8) is 0 Å². The molecule has 2 saturated carbocycles. The van der Waals surface area contributed by atoms with Gasteiger partial charge in [0.25, 0.3) is 0 Å². The second-order valence-corrected chi connectivity index (χ2v) is 7.46. The van der Waals surface area contributed by atoms with Crippen LogP contribution in [0.1, 0.15) is 51.9 Å². The minimum absolute atomic E-state index is 0. The molecular weight excluding hydrogens is 413 g/mol. The molecule has 0 aromatic heterocycles. The molecule has 0 amide bonds. The maximum atomic E-state index is 6.10. The third kappa shape index (κ3) is 3.62. The molecule has 1 saturated heterocycles. The summed E-state index contributed by atoms with van der Waals surface area (Å²) < 4.78 is 6.10. The van der Waals surface area contributed by atoms with Crippen LogP contribution in [0, 0.1) is 11.3 Å². The smallest absolute Gasteiger partial charge is 0.193 e. The average Bonchev–Trinajstić information content (AvgIpc) is 3.19. The molecule has 2 aliphatic carbocycles. The summed E-state index contributed by atoms with van der Waals surface area (Å²) in [5.74, 6) is 1.77. The maximum Gasteiger partial charge on any atom is 0.193 e. The van der Waals surface area contributed by atoms with Gasteiger partial charge in [0.2, 0.25) is 0 Å². The van der Waals surface area contributed by atoms with E-state index in [1.165, 1.54) is 32.1 Å². The summed E-state index contributed by atoms with van der Waals surface area (Å²) in [6.07, 6.45) is 11.3. The van der Waals surface area contributed by atoms with Crippen LogP contribution in [-0.4, -0.2) is 49.7 Å². The van der Waals surface area contributed by atoms with E-state index in [4.69, 9.17) is 9.73 Å². The molecular formula is C19H34IN3O. The first-order valence-electron chi connectivity index (χ1n) is 9.47. The predicted octanol–water partition coefficient (Wildman–Crippen LogP) is 3.82. The van der Waals surface area contributed by atoms with Crippen molar-refractivity contribution < 1.29 is 4.74 Å². The van der Waals surface area contributed by atoms with Crippen LogP contribution in [0.5, 0.6) is 0 Å². The van der Waals surface area contributed by atoms with Crippen LogP contribution in [0.2, 0.25) is 0 Å². The normalized spacial score (nSPS) is 30.4. The molecule has 3 aliphatic rings. The standard InChI is InChI=1S/C19H33N3O.HI/c1-4-6-9-13-22(3)18(20-5-2)21-16-15-10-14-23-17(15)19(16)11-7-8-12-19;/h4,15-17H,1,5-14H2,2-3H3,(H,20,21);1H. The number of aliphatic imine (C=N–C) groups is 1. The number of rotatable bonds is 6. The first-order valence-corrected chi connectivity index (χ1v) is 9.47. The Morgan fingerprint density at radius 3 is 2.83 bits per heavy atom. The van der Waals surface area contributed by atoms with Gasteiger partial charge < -0.3 is 15.0 Å². The maximum absolute atomic E-state index is 6.10. The second-order valence-electron chi connectivity index (χ2n) is 7.46. The van der Waals surface area contributed by atoms with E-state index in [2.05, 4.69) is 30.8 Å². The van der Waals surface area contributed by atoms with Crippen molar-refractivity contribution in [2.24, 2.45) is 16.3 Å². The molecule has 1 N–H and O–H groups in total. The highest BCUT2D eigenvalue weighted by Gasteiger charge is 2.65. The number of unbranched alkanes of at least 4 members (excludes halogenated alkanes) is 1. The van der Waals surface area contributed by atoms with Crippen molar-refractivity contribution in [3.8, 4) is 0 Å². The van der Waals surface area contributed by atoms with E-state index in [0.717, 1.165) is 38.5 Å². The molecule has 3 atom stereocenters. The Balaban J connectivity index is 0.00000208. The predicted molar refractivity (Wildman–Crippen MR) is 111 cm³/mol. The van der Waals surface area contributed by atoms with Gasteiger partial charge in [-0.1, -0.05) is 18.9 Å². The lowest BCUT2D eigenvalue weighted by atomic mass is 9.54. The Kier molecular flexibility index (Phi) is 7.40. The van der Waals surface area contributed by atoms with Crippen molar-refractivity contribution in [1.82, 2.24) is 10.2 Å². The molecule has 0 aromatic rings. The Morgan fingerprint density at radius 1 is 1.42 bits per heavy atom. The van der Waals surface area contributed by atoms with Crippen molar-refractivity contribution in [3.05, 3.63) is 12.7 Å². The van der Waals surface area contributed by atoms with Gasteiger partial charge >= 0.3 is 0 Å². The summed E-state index contributed by atoms with van der Waals surface area (Å²) >= 11 is 0. The molecule has 4 nitrogen and oxygen atoms in total. The Hall–Kier alpha value is -0.300. The minimum atomic E-state index is 0. The molecule has 138 valence electrons.